The van der Waals surface area contributed by atoms with Crippen LogP contribution in [-0.2, 0) is 0 Å². The molecular weight excluding hydrogens is 392 g/mol. The molecule has 0 fully saturated rings. The highest BCUT2D eigenvalue weighted by atomic mass is 15.2. The molecule has 0 N–H and O–H groups in total. The van der Waals surface area contributed by atoms with E-state index in [-0.39, 0.29) is 0 Å². The lowest BCUT2D eigenvalue weighted by molar-refractivity contribution is 0.777. The van der Waals surface area contributed by atoms with E-state index in [0.717, 1.165) is 34.0 Å². The summed E-state index contributed by atoms with van der Waals surface area (Å²) in [6.07, 6.45) is 5.67. The second kappa shape index (κ2) is 9.65. The maximum atomic E-state index is 4.79. The molecule has 4 nitrogen and oxygen atoms in total. The van der Waals surface area contributed by atoms with Gasteiger partial charge in [-0.1, -0.05) is 30.3 Å². The Morgan fingerprint density at radius 2 is 1.19 bits per heavy atom. The van der Waals surface area contributed by atoms with E-state index >= 15 is 0 Å². The number of pyridine rings is 2. The zero-order valence-electron chi connectivity index (χ0n) is 19.2. The summed E-state index contributed by atoms with van der Waals surface area (Å²) in [6.45, 7) is 8.75. The molecule has 0 aliphatic rings. The van der Waals surface area contributed by atoms with E-state index in [9.17, 15) is 0 Å². The van der Waals surface area contributed by atoms with Crippen LogP contribution in [0.1, 0.15) is 27.7 Å². The Balaban J connectivity index is 1.58. The second-order valence-corrected chi connectivity index (χ2v) is 8.43. The lowest BCUT2D eigenvalue weighted by atomic mass is 10.1. The van der Waals surface area contributed by atoms with Gasteiger partial charge < -0.3 is 9.80 Å². The number of benzene rings is 2. The van der Waals surface area contributed by atoms with Gasteiger partial charge in [-0.15, -0.1) is 0 Å². The normalized spacial score (nSPS) is 11.1. The molecule has 0 aliphatic heterocycles. The van der Waals surface area contributed by atoms with E-state index in [0.29, 0.717) is 12.1 Å². The molecule has 0 atom stereocenters. The summed E-state index contributed by atoms with van der Waals surface area (Å²) in [4.78, 5) is 13.6. The number of anilines is 4. The summed E-state index contributed by atoms with van der Waals surface area (Å²) in [6, 6.07) is 28.0. The minimum absolute atomic E-state index is 0.310. The average molecular weight is 423 g/mol. The highest BCUT2D eigenvalue weighted by molar-refractivity contribution is 5.71. The van der Waals surface area contributed by atoms with Crippen LogP contribution in [0.2, 0.25) is 0 Å². The van der Waals surface area contributed by atoms with Gasteiger partial charge in [-0.25, -0.2) is 4.98 Å². The van der Waals surface area contributed by atoms with Crippen LogP contribution in [0.25, 0.3) is 11.1 Å². The minimum atomic E-state index is 0.310. The van der Waals surface area contributed by atoms with Crippen LogP contribution in [0.5, 0.6) is 0 Å². The predicted octanol–water partition coefficient (Wildman–Crippen LogP) is 7.24. The molecule has 0 saturated carbocycles. The Labute approximate surface area is 191 Å². The van der Waals surface area contributed by atoms with Crippen molar-refractivity contribution < 1.29 is 0 Å². The van der Waals surface area contributed by atoms with Crippen molar-refractivity contribution >= 4 is 22.9 Å². The third-order valence-corrected chi connectivity index (χ3v) is 5.46. The van der Waals surface area contributed by atoms with Crippen molar-refractivity contribution in [2.24, 2.45) is 0 Å². The van der Waals surface area contributed by atoms with E-state index in [1.54, 1.807) is 6.20 Å². The molecule has 162 valence electrons. The number of hydrogen-bond acceptors (Lipinski definition) is 4. The molecular formula is C28H30N4. The lowest BCUT2D eigenvalue weighted by Crippen LogP contribution is -2.26. The maximum Gasteiger partial charge on any atom is 0.133 e. The summed E-state index contributed by atoms with van der Waals surface area (Å²) >= 11 is 0. The van der Waals surface area contributed by atoms with Gasteiger partial charge in [0.05, 0.1) is 11.9 Å². The molecule has 4 aromatic rings. The van der Waals surface area contributed by atoms with Crippen LogP contribution >= 0.6 is 0 Å². The van der Waals surface area contributed by atoms with Gasteiger partial charge in [0.15, 0.2) is 0 Å². The Kier molecular flexibility index (Phi) is 6.50. The summed E-state index contributed by atoms with van der Waals surface area (Å²) in [7, 11) is 0. The fraction of sp³-hybridized carbons (Fsp3) is 0.214. The minimum Gasteiger partial charge on any atom is -0.338 e. The van der Waals surface area contributed by atoms with Crippen LogP contribution < -0.4 is 9.80 Å². The van der Waals surface area contributed by atoms with Gasteiger partial charge in [0.2, 0.25) is 0 Å². The predicted molar refractivity (Wildman–Crippen MR) is 135 cm³/mol. The van der Waals surface area contributed by atoms with E-state index in [1.165, 1.54) is 0 Å². The van der Waals surface area contributed by atoms with Crippen molar-refractivity contribution in [1.29, 1.82) is 0 Å². The smallest absolute Gasteiger partial charge is 0.133 e. The van der Waals surface area contributed by atoms with Crippen LogP contribution in [0.15, 0.2) is 97.5 Å². The Hall–Kier alpha value is -3.66. The van der Waals surface area contributed by atoms with E-state index < -0.39 is 0 Å². The first-order valence-electron chi connectivity index (χ1n) is 11.1. The van der Waals surface area contributed by atoms with Gasteiger partial charge in [-0.2, -0.15) is 0 Å². The largest absolute Gasteiger partial charge is 0.338 e. The van der Waals surface area contributed by atoms with Crippen molar-refractivity contribution in [3.63, 3.8) is 0 Å². The fourth-order valence-electron chi connectivity index (χ4n) is 4.04. The van der Waals surface area contributed by atoms with Gasteiger partial charge in [0.1, 0.15) is 5.82 Å². The molecule has 2 aromatic heterocycles. The average Bonchev–Trinajstić information content (AvgIpc) is 2.81. The molecule has 32 heavy (non-hydrogen) atoms. The van der Waals surface area contributed by atoms with Gasteiger partial charge in [0.25, 0.3) is 0 Å². The molecule has 0 aliphatic carbocycles. The van der Waals surface area contributed by atoms with Crippen LogP contribution in [0, 0.1) is 0 Å². The Morgan fingerprint density at radius 1 is 0.562 bits per heavy atom. The number of nitrogens with zero attached hydrogens (tertiary/aromatic N) is 4. The fourth-order valence-corrected chi connectivity index (χ4v) is 4.04. The van der Waals surface area contributed by atoms with Crippen LogP contribution in [0.4, 0.5) is 22.9 Å². The molecule has 2 aromatic carbocycles. The SMILES string of the molecule is CC(C)N(c1ccc(-c2ccc(N(c3ccccc3)C(C)C)nc2)cc1)c1cccnc1. The first kappa shape index (κ1) is 21.6. The highest BCUT2D eigenvalue weighted by Gasteiger charge is 2.15. The zero-order valence-corrected chi connectivity index (χ0v) is 19.2. The number of hydrogen-bond donors (Lipinski definition) is 0. The van der Waals surface area contributed by atoms with Gasteiger partial charge in [0, 0.05) is 41.4 Å². The summed E-state index contributed by atoms with van der Waals surface area (Å²) in [5.74, 6) is 0.953. The van der Waals surface area contributed by atoms with Crippen molar-refractivity contribution in [2.75, 3.05) is 9.80 Å². The second-order valence-electron chi connectivity index (χ2n) is 8.43. The van der Waals surface area contributed by atoms with Crippen LogP contribution in [0.3, 0.4) is 0 Å². The standard InChI is InChI=1S/C28H30N4/c1-21(2)31(27-11-8-18-29-20-27)26-15-12-23(13-16-26)24-14-17-28(30-19-24)32(22(3)4)25-9-6-5-7-10-25/h5-22H,1-4H3. The van der Waals surface area contributed by atoms with Crippen molar-refractivity contribution in [3.05, 3.63) is 97.5 Å². The van der Waals surface area contributed by atoms with Gasteiger partial charge >= 0.3 is 0 Å². The molecule has 0 radical (unpaired) electrons. The van der Waals surface area contributed by atoms with Gasteiger partial charge in [-0.3, -0.25) is 4.98 Å². The number of para-hydroxylation sites is 1. The van der Waals surface area contributed by atoms with Crippen molar-refractivity contribution in [1.82, 2.24) is 9.97 Å². The monoisotopic (exact) mass is 422 g/mol. The highest BCUT2D eigenvalue weighted by Crippen LogP contribution is 2.31. The number of rotatable bonds is 7. The third kappa shape index (κ3) is 4.65. The lowest BCUT2D eigenvalue weighted by Gasteiger charge is -2.29. The first-order valence-corrected chi connectivity index (χ1v) is 11.1. The zero-order chi connectivity index (χ0) is 22.5. The molecule has 0 unspecified atom stereocenters. The maximum absolute atomic E-state index is 4.79. The topological polar surface area (TPSA) is 32.3 Å². The molecule has 0 saturated heterocycles. The van der Waals surface area contributed by atoms with Crippen molar-refractivity contribution in [2.45, 2.75) is 39.8 Å². The quantitative estimate of drug-likeness (QED) is 0.314. The van der Waals surface area contributed by atoms with Gasteiger partial charge in [-0.05, 0) is 81.8 Å². The summed E-state index contributed by atoms with van der Waals surface area (Å²) < 4.78 is 0. The summed E-state index contributed by atoms with van der Waals surface area (Å²) in [5.41, 5.74) is 5.65. The van der Waals surface area contributed by atoms with E-state index in [4.69, 9.17) is 4.98 Å². The summed E-state index contributed by atoms with van der Waals surface area (Å²) in [5, 5.41) is 0. The van der Waals surface area contributed by atoms with Crippen LogP contribution in [-0.4, -0.2) is 22.1 Å². The molecule has 4 rings (SSSR count). The molecule has 4 heteroatoms. The molecule has 0 amide bonds. The van der Waals surface area contributed by atoms with Crippen molar-refractivity contribution in [3.8, 4) is 11.1 Å². The molecule has 0 bridgehead atoms. The first-order chi connectivity index (χ1) is 15.5. The molecule has 2 heterocycles. The third-order valence-electron chi connectivity index (χ3n) is 5.46. The molecule has 0 spiro atoms. The van der Waals surface area contributed by atoms with E-state index in [1.807, 2.05) is 24.5 Å². The van der Waals surface area contributed by atoms with E-state index in [2.05, 4.69) is 109 Å². The Bertz CT molecular complexity index is 1010. The number of aromatic nitrogens is 2. The Morgan fingerprint density at radius 3 is 1.75 bits per heavy atom.